The maximum Gasteiger partial charge on any atom is 0.328 e. The molecule has 0 fully saturated rings. The number of methoxy groups -OCH3 is 1. The zero-order valence-corrected chi connectivity index (χ0v) is 11.7. The highest BCUT2D eigenvalue weighted by atomic mass is 16.7. The lowest BCUT2D eigenvalue weighted by Gasteiger charge is -2.13. The van der Waals surface area contributed by atoms with Crippen LogP contribution >= 0.6 is 0 Å². The maximum absolute atomic E-state index is 11.1. The Kier molecular flexibility index (Phi) is 5.12. The molecule has 0 spiro atoms. The minimum absolute atomic E-state index is 0.103. The van der Waals surface area contributed by atoms with E-state index in [9.17, 15) is 4.79 Å². The highest BCUT2D eigenvalue weighted by molar-refractivity contribution is 5.96. The highest BCUT2D eigenvalue weighted by Crippen LogP contribution is 2.31. The van der Waals surface area contributed by atoms with Crippen molar-refractivity contribution in [1.82, 2.24) is 0 Å². The quantitative estimate of drug-likeness (QED) is 0.654. The summed E-state index contributed by atoms with van der Waals surface area (Å²) in [5.74, 6) is -0.425. The van der Waals surface area contributed by atoms with Crippen molar-refractivity contribution < 1.29 is 19.4 Å². The average Bonchev–Trinajstić information content (AvgIpc) is 2.52. The first kappa shape index (κ1) is 14.8. The van der Waals surface area contributed by atoms with Crippen LogP contribution < -0.4 is 4.74 Å². The zero-order valence-electron chi connectivity index (χ0n) is 11.7. The molecule has 0 heterocycles. The Bertz CT molecular complexity index is 632. The van der Waals surface area contributed by atoms with Gasteiger partial charge >= 0.3 is 5.97 Å². The van der Waals surface area contributed by atoms with E-state index < -0.39 is 5.97 Å². The predicted octanol–water partition coefficient (Wildman–Crippen LogP) is 3.19. The molecule has 0 bridgehead atoms. The molecule has 0 amide bonds. The van der Waals surface area contributed by atoms with Crippen LogP contribution in [0, 0.1) is 0 Å². The van der Waals surface area contributed by atoms with E-state index >= 15 is 0 Å². The largest absolute Gasteiger partial charge is 0.478 e. The second-order valence-corrected chi connectivity index (χ2v) is 4.31. The minimum Gasteiger partial charge on any atom is -0.478 e. The molecule has 2 rings (SSSR count). The average molecular weight is 284 g/mol. The monoisotopic (exact) mass is 284 g/mol. The fourth-order valence-electron chi connectivity index (χ4n) is 2.00. The molecule has 0 aromatic heterocycles. The summed E-state index contributed by atoms with van der Waals surface area (Å²) >= 11 is 0. The minimum atomic E-state index is -1.00. The third kappa shape index (κ3) is 3.94. The lowest BCUT2D eigenvalue weighted by Crippen LogP contribution is -2.03. The molecular formula is C17H16O4. The highest BCUT2D eigenvalue weighted by Gasteiger charge is 2.12. The van der Waals surface area contributed by atoms with Crippen molar-refractivity contribution >= 4 is 11.5 Å². The van der Waals surface area contributed by atoms with Crippen LogP contribution in [0.4, 0.5) is 0 Å². The number of para-hydroxylation sites is 1. The van der Waals surface area contributed by atoms with Crippen molar-refractivity contribution in [2.75, 3.05) is 13.9 Å². The molecule has 0 radical (unpaired) electrons. The Balaban J connectivity index is 2.50. The number of carbonyl (C=O) groups is 1. The molecule has 2 aromatic carbocycles. The van der Waals surface area contributed by atoms with Crippen molar-refractivity contribution in [3.63, 3.8) is 0 Å². The summed E-state index contributed by atoms with van der Waals surface area (Å²) in [6.07, 6.45) is 1.18. The molecule has 0 unspecified atom stereocenters. The van der Waals surface area contributed by atoms with Gasteiger partial charge in [-0.2, -0.15) is 0 Å². The van der Waals surface area contributed by atoms with Crippen LogP contribution in [0.3, 0.4) is 0 Å². The molecule has 108 valence electrons. The van der Waals surface area contributed by atoms with Gasteiger partial charge < -0.3 is 14.6 Å². The summed E-state index contributed by atoms with van der Waals surface area (Å²) in [4.78, 5) is 11.1. The van der Waals surface area contributed by atoms with Crippen molar-refractivity contribution in [3.05, 3.63) is 71.8 Å². The first-order chi connectivity index (χ1) is 10.2. The number of rotatable bonds is 6. The summed E-state index contributed by atoms with van der Waals surface area (Å²) < 4.78 is 10.4. The molecule has 2 aromatic rings. The Morgan fingerprint density at radius 2 is 1.76 bits per heavy atom. The Labute approximate surface area is 123 Å². The van der Waals surface area contributed by atoms with Crippen LogP contribution in [0.1, 0.15) is 11.1 Å². The molecular weight excluding hydrogens is 268 g/mol. The molecule has 0 aliphatic heterocycles. The molecule has 0 aliphatic rings. The van der Waals surface area contributed by atoms with Crippen LogP contribution in [0.5, 0.6) is 5.75 Å². The van der Waals surface area contributed by atoms with Gasteiger partial charge in [0, 0.05) is 18.7 Å². The summed E-state index contributed by atoms with van der Waals surface area (Å²) in [5, 5.41) is 9.13. The maximum atomic E-state index is 11.1. The lowest BCUT2D eigenvalue weighted by atomic mass is 9.97. The van der Waals surface area contributed by atoms with Gasteiger partial charge in [0.1, 0.15) is 5.75 Å². The Hall–Kier alpha value is -2.59. The Morgan fingerprint density at radius 3 is 2.43 bits per heavy atom. The molecule has 21 heavy (non-hydrogen) atoms. The van der Waals surface area contributed by atoms with Crippen LogP contribution in [0.15, 0.2) is 60.7 Å². The van der Waals surface area contributed by atoms with E-state index in [2.05, 4.69) is 0 Å². The first-order valence-electron chi connectivity index (χ1n) is 6.43. The number of hydrogen-bond donors (Lipinski definition) is 1. The van der Waals surface area contributed by atoms with E-state index in [-0.39, 0.29) is 6.79 Å². The fraction of sp³-hybridized carbons (Fsp3) is 0.118. The zero-order chi connectivity index (χ0) is 15.1. The van der Waals surface area contributed by atoms with Crippen LogP contribution in [0.25, 0.3) is 5.57 Å². The standard InChI is InChI=1S/C17H16O4/c1-20-12-21-16-10-6-5-9-14(16)15(11-17(18)19)13-7-3-2-4-8-13/h2-11H,12H2,1H3,(H,18,19). The molecule has 0 atom stereocenters. The van der Waals surface area contributed by atoms with Gasteiger partial charge in [-0.25, -0.2) is 4.79 Å². The third-order valence-corrected chi connectivity index (χ3v) is 2.86. The number of carboxylic acid groups (broad SMARTS) is 1. The van der Waals surface area contributed by atoms with E-state index in [4.69, 9.17) is 14.6 Å². The normalized spacial score (nSPS) is 11.2. The number of hydrogen-bond acceptors (Lipinski definition) is 3. The van der Waals surface area contributed by atoms with Gasteiger partial charge in [-0.05, 0) is 17.2 Å². The van der Waals surface area contributed by atoms with Crippen molar-refractivity contribution in [2.45, 2.75) is 0 Å². The number of aliphatic carboxylic acids is 1. The summed E-state index contributed by atoms with van der Waals surface area (Å²) in [7, 11) is 1.54. The van der Waals surface area contributed by atoms with Crippen LogP contribution in [-0.4, -0.2) is 25.0 Å². The number of benzene rings is 2. The van der Waals surface area contributed by atoms with Gasteiger partial charge in [0.2, 0.25) is 0 Å². The molecule has 0 aliphatic carbocycles. The second-order valence-electron chi connectivity index (χ2n) is 4.31. The molecule has 4 heteroatoms. The topological polar surface area (TPSA) is 55.8 Å². The molecule has 4 nitrogen and oxygen atoms in total. The third-order valence-electron chi connectivity index (χ3n) is 2.86. The van der Waals surface area contributed by atoms with Crippen LogP contribution in [0.2, 0.25) is 0 Å². The van der Waals surface area contributed by atoms with E-state index in [1.807, 2.05) is 48.5 Å². The van der Waals surface area contributed by atoms with Gasteiger partial charge in [0.05, 0.1) is 0 Å². The van der Waals surface area contributed by atoms with E-state index in [1.54, 1.807) is 6.07 Å². The first-order valence-corrected chi connectivity index (χ1v) is 6.43. The fourth-order valence-corrected chi connectivity index (χ4v) is 2.00. The summed E-state index contributed by atoms with van der Waals surface area (Å²) in [6, 6.07) is 16.6. The lowest BCUT2D eigenvalue weighted by molar-refractivity contribution is -0.131. The van der Waals surface area contributed by atoms with Gasteiger partial charge in [-0.15, -0.1) is 0 Å². The Morgan fingerprint density at radius 1 is 1.10 bits per heavy atom. The van der Waals surface area contributed by atoms with Crippen molar-refractivity contribution in [3.8, 4) is 5.75 Å². The van der Waals surface area contributed by atoms with Crippen LogP contribution in [-0.2, 0) is 9.53 Å². The number of ether oxygens (including phenoxy) is 2. The van der Waals surface area contributed by atoms with Crippen molar-refractivity contribution in [1.29, 1.82) is 0 Å². The SMILES string of the molecule is COCOc1ccccc1C(=CC(=O)O)c1ccccc1. The van der Waals surface area contributed by atoms with Crippen molar-refractivity contribution in [2.24, 2.45) is 0 Å². The summed E-state index contributed by atoms with van der Waals surface area (Å²) in [6.45, 7) is 0.103. The van der Waals surface area contributed by atoms with Gasteiger partial charge in [0.25, 0.3) is 0 Å². The second kappa shape index (κ2) is 7.26. The van der Waals surface area contributed by atoms with E-state index in [1.165, 1.54) is 13.2 Å². The smallest absolute Gasteiger partial charge is 0.328 e. The predicted molar refractivity (Wildman–Crippen MR) is 80.1 cm³/mol. The summed E-state index contributed by atoms with van der Waals surface area (Å²) in [5.41, 5.74) is 2.12. The molecule has 0 saturated carbocycles. The van der Waals surface area contributed by atoms with E-state index in [0.717, 1.165) is 5.56 Å². The molecule has 1 N–H and O–H groups in total. The van der Waals surface area contributed by atoms with Gasteiger partial charge in [-0.3, -0.25) is 0 Å². The molecule has 0 saturated heterocycles. The number of carboxylic acids is 1. The van der Waals surface area contributed by atoms with E-state index in [0.29, 0.717) is 16.9 Å². The van der Waals surface area contributed by atoms with Gasteiger partial charge in [0.15, 0.2) is 6.79 Å². The van der Waals surface area contributed by atoms with Gasteiger partial charge in [-0.1, -0.05) is 48.5 Å².